The van der Waals surface area contributed by atoms with Gasteiger partial charge in [0.2, 0.25) is 0 Å². The molecule has 0 radical (unpaired) electrons. The number of rotatable bonds is 3. The minimum absolute atomic E-state index is 0.0372. The number of pyridine rings is 1. The molecule has 1 aromatic carbocycles. The third kappa shape index (κ3) is 3.12. The van der Waals surface area contributed by atoms with Crippen LogP contribution in [0.3, 0.4) is 0 Å². The second-order valence-corrected chi connectivity index (χ2v) is 6.17. The van der Waals surface area contributed by atoms with Gasteiger partial charge in [0.15, 0.2) is 0 Å². The van der Waals surface area contributed by atoms with E-state index in [1.165, 1.54) is 0 Å². The van der Waals surface area contributed by atoms with E-state index in [9.17, 15) is 4.79 Å². The Morgan fingerprint density at radius 3 is 2.71 bits per heavy atom. The molecular formula is C16H13ClN2OS. The first-order chi connectivity index (χ1) is 10.1. The molecule has 0 saturated heterocycles. The molecule has 21 heavy (non-hydrogen) atoms. The first-order valence-corrected chi connectivity index (χ1v) is 7.86. The number of aryl methyl sites for hydroxylation is 1. The molecule has 5 heteroatoms. The van der Waals surface area contributed by atoms with Crippen molar-refractivity contribution in [3.05, 3.63) is 75.3 Å². The average Bonchev–Trinajstić information content (AvgIpc) is 2.46. The van der Waals surface area contributed by atoms with E-state index in [1.54, 1.807) is 22.2 Å². The Morgan fingerprint density at radius 2 is 1.95 bits per heavy atom. The minimum atomic E-state index is -0.0372. The van der Waals surface area contributed by atoms with Crippen LogP contribution in [-0.2, 0) is 5.75 Å². The smallest absolute Gasteiger partial charge is 0.258 e. The van der Waals surface area contributed by atoms with Gasteiger partial charge in [-0.3, -0.25) is 9.20 Å². The van der Waals surface area contributed by atoms with E-state index in [0.29, 0.717) is 11.4 Å². The first kappa shape index (κ1) is 14.2. The number of aromatic nitrogens is 2. The van der Waals surface area contributed by atoms with Crippen LogP contribution >= 0.6 is 23.4 Å². The van der Waals surface area contributed by atoms with E-state index in [4.69, 9.17) is 11.6 Å². The predicted octanol–water partition coefficient (Wildman–Crippen LogP) is 3.95. The maximum atomic E-state index is 12.2. The van der Waals surface area contributed by atoms with Crippen molar-refractivity contribution in [1.82, 2.24) is 9.38 Å². The number of hydrogen-bond donors (Lipinski definition) is 0. The van der Waals surface area contributed by atoms with E-state index in [-0.39, 0.29) is 5.56 Å². The van der Waals surface area contributed by atoms with Gasteiger partial charge in [0.1, 0.15) is 5.65 Å². The number of halogens is 1. The second-order valence-electron chi connectivity index (χ2n) is 4.69. The molecule has 2 heterocycles. The summed E-state index contributed by atoms with van der Waals surface area (Å²) in [6.45, 7) is 1.90. The summed E-state index contributed by atoms with van der Waals surface area (Å²) in [6, 6.07) is 14.9. The molecule has 3 aromatic rings. The third-order valence-electron chi connectivity index (χ3n) is 3.13. The zero-order valence-corrected chi connectivity index (χ0v) is 13.0. The normalized spacial score (nSPS) is 11.0. The predicted molar refractivity (Wildman–Crippen MR) is 87.2 cm³/mol. The van der Waals surface area contributed by atoms with Crippen LogP contribution in [0, 0.1) is 6.92 Å². The monoisotopic (exact) mass is 316 g/mol. The molecule has 106 valence electrons. The molecule has 0 N–H and O–H groups in total. The van der Waals surface area contributed by atoms with Crippen LogP contribution < -0.4 is 5.56 Å². The van der Waals surface area contributed by atoms with Crippen molar-refractivity contribution in [1.29, 1.82) is 0 Å². The molecule has 0 atom stereocenters. The lowest BCUT2D eigenvalue weighted by Gasteiger charge is -2.06. The van der Waals surface area contributed by atoms with Crippen molar-refractivity contribution in [3.8, 4) is 0 Å². The zero-order valence-electron chi connectivity index (χ0n) is 11.4. The largest absolute Gasteiger partial charge is 0.269 e. The fourth-order valence-electron chi connectivity index (χ4n) is 2.13. The van der Waals surface area contributed by atoms with E-state index in [1.807, 2.05) is 49.4 Å². The Labute approximate surface area is 131 Å². The maximum absolute atomic E-state index is 12.2. The second kappa shape index (κ2) is 5.92. The van der Waals surface area contributed by atoms with Crippen LogP contribution in [0.4, 0.5) is 0 Å². The lowest BCUT2D eigenvalue weighted by Crippen LogP contribution is -2.17. The van der Waals surface area contributed by atoms with Crippen molar-refractivity contribution in [2.45, 2.75) is 17.6 Å². The van der Waals surface area contributed by atoms with Crippen LogP contribution in [0.15, 0.2) is 58.2 Å². The van der Waals surface area contributed by atoms with Crippen molar-refractivity contribution in [2.75, 3.05) is 0 Å². The third-order valence-corrected chi connectivity index (χ3v) is 4.43. The van der Waals surface area contributed by atoms with Gasteiger partial charge >= 0.3 is 0 Å². The average molecular weight is 317 g/mol. The standard InChI is InChI=1S/C16H13ClN2OS/c1-11-3-2-4-15-18-13(9-16(20)19(11)15)10-21-14-7-5-12(17)6-8-14/h2-9H,10H2,1H3. The lowest BCUT2D eigenvalue weighted by molar-refractivity contribution is 0.968. The van der Waals surface area contributed by atoms with Gasteiger partial charge in [-0.2, -0.15) is 0 Å². The highest BCUT2D eigenvalue weighted by Gasteiger charge is 2.05. The van der Waals surface area contributed by atoms with Crippen molar-refractivity contribution in [3.63, 3.8) is 0 Å². The van der Waals surface area contributed by atoms with Gasteiger partial charge < -0.3 is 0 Å². The Bertz CT molecular complexity index is 843. The van der Waals surface area contributed by atoms with Crippen LogP contribution in [-0.4, -0.2) is 9.38 Å². The molecule has 0 aliphatic carbocycles. The molecule has 3 rings (SSSR count). The quantitative estimate of drug-likeness (QED) is 0.686. The molecule has 0 amide bonds. The summed E-state index contributed by atoms with van der Waals surface area (Å²) in [4.78, 5) is 17.8. The van der Waals surface area contributed by atoms with Crippen LogP contribution in [0.1, 0.15) is 11.4 Å². The van der Waals surface area contributed by atoms with Crippen molar-refractivity contribution < 1.29 is 0 Å². The molecule has 0 fully saturated rings. The highest BCUT2D eigenvalue weighted by Crippen LogP contribution is 2.23. The number of nitrogens with zero attached hydrogens (tertiary/aromatic N) is 2. The number of benzene rings is 1. The Balaban J connectivity index is 1.88. The van der Waals surface area contributed by atoms with Crippen molar-refractivity contribution >= 4 is 29.0 Å². The lowest BCUT2D eigenvalue weighted by atomic mass is 10.3. The SMILES string of the molecule is Cc1cccc2nc(CSc3ccc(Cl)cc3)cc(=O)n12. The molecule has 2 aromatic heterocycles. The van der Waals surface area contributed by atoms with E-state index < -0.39 is 0 Å². The van der Waals surface area contributed by atoms with Crippen LogP contribution in [0.5, 0.6) is 0 Å². The minimum Gasteiger partial charge on any atom is -0.269 e. The fourth-order valence-corrected chi connectivity index (χ4v) is 3.04. The first-order valence-electron chi connectivity index (χ1n) is 6.50. The van der Waals surface area contributed by atoms with Gasteiger partial charge in [0.05, 0.1) is 5.69 Å². The summed E-state index contributed by atoms with van der Waals surface area (Å²) in [5.41, 5.74) is 2.33. The van der Waals surface area contributed by atoms with Crippen LogP contribution in [0.25, 0.3) is 5.65 Å². The van der Waals surface area contributed by atoms with Gasteiger partial charge in [-0.05, 0) is 43.3 Å². The highest BCUT2D eigenvalue weighted by atomic mass is 35.5. The van der Waals surface area contributed by atoms with E-state index >= 15 is 0 Å². The summed E-state index contributed by atoms with van der Waals surface area (Å²) in [5, 5.41) is 0.719. The van der Waals surface area contributed by atoms with Crippen molar-refractivity contribution in [2.24, 2.45) is 0 Å². The Kier molecular flexibility index (Phi) is 3.99. The topological polar surface area (TPSA) is 34.4 Å². The Morgan fingerprint density at radius 1 is 1.19 bits per heavy atom. The molecule has 0 bridgehead atoms. The number of hydrogen-bond acceptors (Lipinski definition) is 3. The Hall–Kier alpha value is -1.78. The van der Waals surface area contributed by atoms with E-state index in [2.05, 4.69) is 4.98 Å². The number of thioether (sulfide) groups is 1. The van der Waals surface area contributed by atoms with Gasteiger partial charge in [-0.15, -0.1) is 11.8 Å². The highest BCUT2D eigenvalue weighted by molar-refractivity contribution is 7.98. The van der Waals surface area contributed by atoms with Gasteiger partial charge in [0, 0.05) is 27.4 Å². The molecule has 0 aliphatic heterocycles. The summed E-state index contributed by atoms with van der Waals surface area (Å²) in [7, 11) is 0. The van der Waals surface area contributed by atoms with Gasteiger partial charge in [-0.1, -0.05) is 17.7 Å². The fraction of sp³-hybridized carbons (Fsp3) is 0.125. The summed E-state index contributed by atoms with van der Waals surface area (Å²) in [5.74, 6) is 0.654. The molecular weight excluding hydrogens is 304 g/mol. The molecule has 0 unspecified atom stereocenters. The summed E-state index contributed by atoms with van der Waals surface area (Å²) < 4.78 is 1.62. The van der Waals surface area contributed by atoms with E-state index in [0.717, 1.165) is 21.3 Å². The summed E-state index contributed by atoms with van der Waals surface area (Å²) in [6.07, 6.45) is 0. The van der Waals surface area contributed by atoms with Gasteiger partial charge in [0.25, 0.3) is 5.56 Å². The molecule has 0 spiro atoms. The maximum Gasteiger partial charge on any atom is 0.258 e. The van der Waals surface area contributed by atoms with Gasteiger partial charge in [-0.25, -0.2) is 4.98 Å². The molecule has 0 saturated carbocycles. The van der Waals surface area contributed by atoms with Crippen LogP contribution in [0.2, 0.25) is 5.02 Å². The zero-order chi connectivity index (χ0) is 14.8. The summed E-state index contributed by atoms with van der Waals surface area (Å²) >= 11 is 7.50. The number of fused-ring (bicyclic) bond motifs is 1. The molecule has 0 aliphatic rings. The molecule has 3 nitrogen and oxygen atoms in total.